The number of hydrogen-bond acceptors (Lipinski definition) is 3. The average Bonchev–Trinajstić information content (AvgIpc) is 2.66. The smallest absolute Gasteiger partial charge is 0.410 e. The summed E-state index contributed by atoms with van der Waals surface area (Å²) in [7, 11) is 0. The molecule has 1 N–H and O–H groups in total. The summed E-state index contributed by atoms with van der Waals surface area (Å²) in [6, 6.07) is 18.7. The van der Waals surface area contributed by atoms with Crippen molar-refractivity contribution in [3.05, 3.63) is 71.8 Å². The summed E-state index contributed by atoms with van der Waals surface area (Å²) >= 11 is 0. The van der Waals surface area contributed by atoms with Gasteiger partial charge < -0.3 is 10.1 Å². The molecule has 1 fully saturated rings. The summed E-state index contributed by atoms with van der Waals surface area (Å²) in [5.41, 5.74) is 1.88. The predicted molar refractivity (Wildman–Crippen MR) is 102 cm³/mol. The van der Waals surface area contributed by atoms with E-state index < -0.39 is 18.3 Å². The summed E-state index contributed by atoms with van der Waals surface area (Å²) in [4.78, 5) is 14.2. The molecule has 2 aromatic rings. The van der Waals surface area contributed by atoms with E-state index in [0.717, 1.165) is 11.1 Å². The van der Waals surface area contributed by atoms with Crippen molar-refractivity contribution >= 4 is 18.5 Å². The Morgan fingerprint density at radius 1 is 1.08 bits per heavy atom. The largest absolute Gasteiger partial charge is 0.445 e. The predicted octanol–water partition coefficient (Wildman–Crippen LogP) is 3.95. The zero-order valence-corrected chi connectivity index (χ0v) is 15.3. The van der Waals surface area contributed by atoms with Crippen molar-refractivity contribution in [1.82, 2.24) is 10.2 Å². The lowest BCUT2D eigenvalue weighted by atomic mass is 10.0. The first-order chi connectivity index (χ1) is 12.2. The van der Waals surface area contributed by atoms with Crippen molar-refractivity contribution in [2.45, 2.75) is 31.8 Å². The van der Waals surface area contributed by atoms with Gasteiger partial charge in [0, 0.05) is 13.1 Å². The maximum atomic E-state index is 14.4. The van der Waals surface area contributed by atoms with Crippen LogP contribution in [0.3, 0.4) is 0 Å². The number of piperidine rings is 1. The van der Waals surface area contributed by atoms with Gasteiger partial charge in [-0.15, -0.1) is 12.4 Å². The lowest BCUT2D eigenvalue weighted by molar-refractivity contribution is 0.0442. The molecule has 2 unspecified atom stereocenters. The standard InChI is InChI=1S/C20H23FN2O2.ClH/c21-18-13-22-12-11-19(18)23(14-16-7-3-1-4-8-16)20(24)25-15-17-9-5-2-6-10-17;/h1-10,18-19,22H,11-15H2;1H. The van der Waals surface area contributed by atoms with Crippen LogP contribution in [0.4, 0.5) is 9.18 Å². The number of alkyl halides is 1. The molecule has 2 aromatic carbocycles. The third-order valence-electron chi connectivity index (χ3n) is 4.41. The van der Waals surface area contributed by atoms with E-state index in [-0.39, 0.29) is 25.6 Å². The molecular weight excluding hydrogens is 355 g/mol. The van der Waals surface area contributed by atoms with Gasteiger partial charge in [0.1, 0.15) is 12.8 Å². The van der Waals surface area contributed by atoms with Crippen LogP contribution in [0, 0.1) is 0 Å². The van der Waals surface area contributed by atoms with Gasteiger partial charge in [-0.1, -0.05) is 60.7 Å². The van der Waals surface area contributed by atoms with Gasteiger partial charge in [-0.05, 0) is 24.1 Å². The van der Waals surface area contributed by atoms with Crippen LogP contribution in [0.5, 0.6) is 0 Å². The van der Waals surface area contributed by atoms with Crippen LogP contribution in [0.2, 0.25) is 0 Å². The molecular formula is C20H24ClFN2O2. The number of nitrogens with one attached hydrogen (secondary N) is 1. The van der Waals surface area contributed by atoms with E-state index in [0.29, 0.717) is 19.5 Å². The summed E-state index contributed by atoms with van der Waals surface area (Å²) < 4.78 is 19.9. The Hall–Kier alpha value is -2.11. The Morgan fingerprint density at radius 3 is 2.31 bits per heavy atom. The number of benzene rings is 2. The molecule has 6 heteroatoms. The van der Waals surface area contributed by atoms with Gasteiger partial charge in [-0.25, -0.2) is 9.18 Å². The second kappa shape index (κ2) is 10.1. The quantitative estimate of drug-likeness (QED) is 0.856. The van der Waals surface area contributed by atoms with E-state index in [1.165, 1.54) is 4.90 Å². The van der Waals surface area contributed by atoms with Crippen molar-refractivity contribution in [3.8, 4) is 0 Å². The van der Waals surface area contributed by atoms with Gasteiger partial charge >= 0.3 is 6.09 Å². The number of carbonyl (C=O) groups excluding carboxylic acids is 1. The lowest BCUT2D eigenvalue weighted by Gasteiger charge is -2.36. The van der Waals surface area contributed by atoms with E-state index in [1.807, 2.05) is 60.7 Å². The van der Waals surface area contributed by atoms with Crippen LogP contribution >= 0.6 is 12.4 Å². The van der Waals surface area contributed by atoms with Crippen LogP contribution in [0.25, 0.3) is 0 Å². The van der Waals surface area contributed by atoms with Gasteiger partial charge in [-0.3, -0.25) is 4.90 Å². The summed E-state index contributed by atoms with van der Waals surface area (Å²) in [5.74, 6) is 0. The van der Waals surface area contributed by atoms with E-state index in [1.54, 1.807) is 0 Å². The molecule has 1 amide bonds. The van der Waals surface area contributed by atoms with Gasteiger partial charge in [0.05, 0.1) is 6.04 Å². The van der Waals surface area contributed by atoms with Crippen molar-refractivity contribution in [2.24, 2.45) is 0 Å². The van der Waals surface area contributed by atoms with E-state index in [2.05, 4.69) is 5.32 Å². The van der Waals surface area contributed by atoms with E-state index in [9.17, 15) is 9.18 Å². The number of hydrogen-bond donors (Lipinski definition) is 1. The maximum Gasteiger partial charge on any atom is 0.410 e. The molecule has 0 aromatic heterocycles. The molecule has 0 bridgehead atoms. The third kappa shape index (κ3) is 5.44. The molecule has 0 aliphatic carbocycles. The maximum absolute atomic E-state index is 14.4. The molecule has 140 valence electrons. The van der Waals surface area contributed by atoms with Crippen molar-refractivity contribution in [1.29, 1.82) is 0 Å². The molecule has 0 saturated carbocycles. The monoisotopic (exact) mass is 378 g/mol. The highest BCUT2D eigenvalue weighted by atomic mass is 35.5. The highest BCUT2D eigenvalue weighted by molar-refractivity contribution is 5.85. The van der Waals surface area contributed by atoms with Crippen molar-refractivity contribution in [3.63, 3.8) is 0 Å². The molecule has 1 saturated heterocycles. The fraction of sp³-hybridized carbons (Fsp3) is 0.350. The van der Waals surface area contributed by atoms with Gasteiger partial charge in [0.15, 0.2) is 0 Å². The average molecular weight is 379 g/mol. The Balaban J connectivity index is 0.00000243. The Kier molecular flexibility index (Phi) is 7.88. The molecule has 2 atom stereocenters. The van der Waals surface area contributed by atoms with Crippen LogP contribution in [-0.2, 0) is 17.9 Å². The first-order valence-corrected chi connectivity index (χ1v) is 8.60. The third-order valence-corrected chi connectivity index (χ3v) is 4.41. The summed E-state index contributed by atoms with van der Waals surface area (Å²) in [6.07, 6.45) is -0.988. The number of rotatable bonds is 5. The summed E-state index contributed by atoms with van der Waals surface area (Å²) in [6.45, 7) is 1.50. The summed E-state index contributed by atoms with van der Waals surface area (Å²) in [5, 5.41) is 3.03. The molecule has 1 heterocycles. The molecule has 26 heavy (non-hydrogen) atoms. The van der Waals surface area contributed by atoms with Crippen LogP contribution in [0.15, 0.2) is 60.7 Å². The Bertz CT molecular complexity index is 672. The molecule has 1 aliphatic heterocycles. The first kappa shape index (κ1) is 20.2. The molecule has 1 aliphatic rings. The van der Waals surface area contributed by atoms with Crippen LogP contribution < -0.4 is 5.32 Å². The minimum absolute atomic E-state index is 0. The van der Waals surface area contributed by atoms with E-state index in [4.69, 9.17) is 4.74 Å². The normalized spacial score (nSPS) is 19.3. The number of carbonyl (C=O) groups is 1. The highest BCUT2D eigenvalue weighted by Gasteiger charge is 2.34. The highest BCUT2D eigenvalue weighted by Crippen LogP contribution is 2.20. The number of ether oxygens (including phenoxy) is 1. The first-order valence-electron chi connectivity index (χ1n) is 8.60. The number of halogens is 2. The Labute approximate surface area is 159 Å². The fourth-order valence-corrected chi connectivity index (χ4v) is 3.06. The van der Waals surface area contributed by atoms with Crippen LogP contribution in [-0.4, -0.2) is 36.3 Å². The van der Waals surface area contributed by atoms with Gasteiger partial charge in [0.2, 0.25) is 0 Å². The fourth-order valence-electron chi connectivity index (χ4n) is 3.06. The van der Waals surface area contributed by atoms with E-state index >= 15 is 0 Å². The SMILES string of the molecule is Cl.O=C(OCc1ccccc1)N(Cc1ccccc1)C1CCNCC1F. The number of amides is 1. The topological polar surface area (TPSA) is 41.6 Å². The molecule has 3 rings (SSSR count). The second-order valence-corrected chi connectivity index (χ2v) is 6.23. The number of nitrogens with zero attached hydrogens (tertiary/aromatic N) is 1. The van der Waals surface area contributed by atoms with Gasteiger partial charge in [-0.2, -0.15) is 0 Å². The molecule has 0 spiro atoms. The van der Waals surface area contributed by atoms with Crippen molar-refractivity contribution < 1.29 is 13.9 Å². The second-order valence-electron chi connectivity index (χ2n) is 6.23. The Morgan fingerprint density at radius 2 is 1.69 bits per heavy atom. The minimum Gasteiger partial charge on any atom is -0.445 e. The van der Waals surface area contributed by atoms with Gasteiger partial charge in [0.25, 0.3) is 0 Å². The minimum atomic E-state index is -1.10. The molecule has 4 nitrogen and oxygen atoms in total. The zero-order chi connectivity index (χ0) is 17.5. The molecule has 0 radical (unpaired) electrons. The van der Waals surface area contributed by atoms with Crippen molar-refractivity contribution in [2.75, 3.05) is 13.1 Å². The zero-order valence-electron chi connectivity index (χ0n) is 14.5. The van der Waals surface area contributed by atoms with Crippen LogP contribution in [0.1, 0.15) is 17.5 Å². The lowest BCUT2D eigenvalue weighted by Crippen LogP contribution is -2.52.